The van der Waals surface area contributed by atoms with Crippen LogP contribution >= 0.6 is 0 Å². The molecule has 110 valence electrons. The molecule has 2 heterocycles. The molecule has 0 spiro atoms. The SMILES string of the molecule is CNc1cc(C)c(CN2CCN(C(=O)O)[C@@H](C)C2)cn1. The van der Waals surface area contributed by atoms with Gasteiger partial charge in [0.05, 0.1) is 0 Å². The summed E-state index contributed by atoms with van der Waals surface area (Å²) in [5.41, 5.74) is 2.40. The summed E-state index contributed by atoms with van der Waals surface area (Å²) in [4.78, 5) is 19.2. The number of amides is 1. The van der Waals surface area contributed by atoms with Gasteiger partial charge in [-0.1, -0.05) is 0 Å². The third-order valence-corrected chi connectivity index (χ3v) is 3.83. The van der Waals surface area contributed by atoms with Crippen molar-refractivity contribution in [2.75, 3.05) is 32.0 Å². The van der Waals surface area contributed by atoms with Crippen LogP contribution in [0.2, 0.25) is 0 Å². The number of carbonyl (C=O) groups is 1. The van der Waals surface area contributed by atoms with E-state index in [0.717, 1.165) is 25.5 Å². The lowest BCUT2D eigenvalue weighted by atomic mass is 10.1. The van der Waals surface area contributed by atoms with Crippen molar-refractivity contribution < 1.29 is 9.90 Å². The number of rotatable bonds is 3. The number of anilines is 1. The quantitative estimate of drug-likeness (QED) is 0.879. The first-order valence-corrected chi connectivity index (χ1v) is 6.86. The number of nitrogens with zero attached hydrogens (tertiary/aromatic N) is 3. The normalized spacial score (nSPS) is 19.9. The van der Waals surface area contributed by atoms with Gasteiger partial charge in [-0.2, -0.15) is 0 Å². The number of nitrogens with one attached hydrogen (secondary N) is 1. The average Bonchev–Trinajstić information content (AvgIpc) is 2.40. The first-order valence-electron chi connectivity index (χ1n) is 6.86. The Morgan fingerprint density at radius 3 is 2.85 bits per heavy atom. The van der Waals surface area contributed by atoms with Crippen molar-refractivity contribution in [2.45, 2.75) is 26.4 Å². The van der Waals surface area contributed by atoms with E-state index in [9.17, 15) is 4.79 Å². The highest BCUT2D eigenvalue weighted by molar-refractivity contribution is 5.65. The first kappa shape index (κ1) is 14.6. The molecule has 1 aliphatic heterocycles. The van der Waals surface area contributed by atoms with Crippen molar-refractivity contribution in [1.82, 2.24) is 14.8 Å². The van der Waals surface area contributed by atoms with Gasteiger partial charge < -0.3 is 15.3 Å². The minimum absolute atomic E-state index is 0.0334. The van der Waals surface area contributed by atoms with Crippen molar-refractivity contribution in [2.24, 2.45) is 0 Å². The molecular weight excluding hydrogens is 256 g/mol. The Morgan fingerprint density at radius 1 is 1.55 bits per heavy atom. The molecule has 0 bridgehead atoms. The molecule has 1 atom stereocenters. The number of hydrogen-bond acceptors (Lipinski definition) is 4. The van der Waals surface area contributed by atoms with Crippen LogP contribution in [0.5, 0.6) is 0 Å². The standard InChI is InChI=1S/C14H22N4O2/c1-10-6-13(15-3)16-7-12(10)9-17-4-5-18(14(19)20)11(2)8-17/h6-7,11H,4-5,8-9H2,1-3H3,(H,15,16)(H,19,20)/t11-/m0/s1. The number of hydrogen-bond donors (Lipinski definition) is 2. The van der Waals surface area contributed by atoms with Gasteiger partial charge in [0.2, 0.25) is 0 Å². The van der Waals surface area contributed by atoms with Gasteiger partial charge in [-0.25, -0.2) is 9.78 Å². The van der Waals surface area contributed by atoms with E-state index in [1.807, 2.05) is 26.2 Å². The molecule has 0 aliphatic carbocycles. The van der Waals surface area contributed by atoms with E-state index in [1.165, 1.54) is 16.0 Å². The molecule has 6 heteroatoms. The van der Waals surface area contributed by atoms with Crippen molar-refractivity contribution >= 4 is 11.9 Å². The highest BCUT2D eigenvalue weighted by atomic mass is 16.4. The molecule has 1 aliphatic rings. The Labute approximate surface area is 119 Å². The molecule has 0 saturated carbocycles. The molecule has 1 aromatic rings. The summed E-state index contributed by atoms with van der Waals surface area (Å²) in [6, 6.07) is 2.07. The second kappa shape index (κ2) is 6.09. The van der Waals surface area contributed by atoms with Gasteiger partial charge in [-0.05, 0) is 31.0 Å². The second-order valence-electron chi connectivity index (χ2n) is 5.31. The number of piperazine rings is 1. The van der Waals surface area contributed by atoms with Gasteiger partial charge in [0.1, 0.15) is 5.82 Å². The minimum Gasteiger partial charge on any atom is -0.465 e. The summed E-state index contributed by atoms with van der Waals surface area (Å²) in [5.74, 6) is 0.871. The van der Waals surface area contributed by atoms with Crippen LogP contribution in [0.25, 0.3) is 0 Å². The lowest BCUT2D eigenvalue weighted by molar-refractivity contribution is 0.0710. The van der Waals surface area contributed by atoms with E-state index in [1.54, 1.807) is 0 Å². The van der Waals surface area contributed by atoms with Crippen LogP contribution in [0, 0.1) is 6.92 Å². The zero-order valence-corrected chi connectivity index (χ0v) is 12.3. The molecule has 1 aromatic heterocycles. The van der Waals surface area contributed by atoms with Crippen LogP contribution in [0.4, 0.5) is 10.6 Å². The van der Waals surface area contributed by atoms with E-state index in [0.29, 0.717) is 6.54 Å². The Balaban J connectivity index is 2.00. The number of aryl methyl sites for hydroxylation is 1. The summed E-state index contributed by atoms with van der Waals surface area (Å²) in [5, 5.41) is 12.1. The molecule has 0 unspecified atom stereocenters. The van der Waals surface area contributed by atoms with Crippen molar-refractivity contribution in [1.29, 1.82) is 0 Å². The molecule has 1 amide bonds. The highest BCUT2D eigenvalue weighted by Gasteiger charge is 2.27. The van der Waals surface area contributed by atoms with Crippen molar-refractivity contribution in [3.63, 3.8) is 0 Å². The molecule has 0 radical (unpaired) electrons. The van der Waals surface area contributed by atoms with E-state index >= 15 is 0 Å². The number of pyridine rings is 1. The molecule has 6 nitrogen and oxygen atoms in total. The zero-order chi connectivity index (χ0) is 14.7. The van der Waals surface area contributed by atoms with Gasteiger partial charge in [-0.3, -0.25) is 4.90 Å². The monoisotopic (exact) mass is 278 g/mol. The Bertz CT molecular complexity index is 492. The predicted octanol–water partition coefficient (Wildman–Crippen LogP) is 1.62. The van der Waals surface area contributed by atoms with Gasteiger partial charge >= 0.3 is 6.09 Å². The third-order valence-electron chi connectivity index (χ3n) is 3.83. The van der Waals surface area contributed by atoms with Gasteiger partial charge in [0, 0.05) is 45.5 Å². The van der Waals surface area contributed by atoms with E-state index < -0.39 is 6.09 Å². The largest absolute Gasteiger partial charge is 0.465 e. The minimum atomic E-state index is -0.826. The van der Waals surface area contributed by atoms with Gasteiger partial charge in [0.25, 0.3) is 0 Å². The third kappa shape index (κ3) is 3.19. The number of aromatic nitrogens is 1. The summed E-state index contributed by atoms with van der Waals surface area (Å²) in [6.45, 7) is 6.95. The topological polar surface area (TPSA) is 68.7 Å². The highest BCUT2D eigenvalue weighted by Crippen LogP contribution is 2.17. The molecule has 0 aromatic carbocycles. The maximum atomic E-state index is 11.0. The molecule has 1 saturated heterocycles. The fourth-order valence-electron chi connectivity index (χ4n) is 2.59. The maximum Gasteiger partial charge on any atom is 0.407 e. The molecule has 2 rings (SSSR count). The second-order valence-corrected chi connectivity index (χ2v) is 5.31. The van der Waals surface area contributed by atoms with E-state index in [2.05, 4.69) is 22.1 Å². The van der Waals surface area contributed by atoms with E-state index in [-0.39, 0.29) is 6.04 Å². The van der Waals surface area contributed by atoms with Crippen LogP contribution in [0.1, 0.15) is 18.1 Å². The maximum absolute atomic E-state index is 11.0. The smallest absolute Gasteiger partial charge is 0.407 e. The predicted molar refractivity (Wildman–Crippen MR) is 78.0 cm³/mol. The fourth-order valence-corrected chi connectivity index (χ4v) is 2.59. The Morgan fingerprint density at radius 2 is 2.30 bits per heavy atom. The van der Waals surface area contributed by atoms with Crippen molar-refractivity contribution in [3.8, 4) is 0 Å². The first-order chi connectivity index (χ1) is 9.51. The summed E-state index contributed by atoms with van der Waals surface area (Å²) < 4.78 is 0. The van der Waals surface area contributed by atoms with E-state index in [4.69, 9.17) is 5.11 Å². The Kier molecular flexibility index (Phi) is 4.44. The van der Waals surface area contributed by atoms with Gasteiger partial charge in [-0.15, -0.1) is 0 Å². The zero-order valence-electron chi connectivity index (χ0n) is 12.3. The molecule has 2 N–H and O–H groups in total. The molecular formula is C14H22N4O2. The molecule has 1 fully saturated rings. The lowest BCUT2D eigenvalue weighted by Gasteiger charge is -2.38. The van der Waals surface area contributed by atoms with Crippen LogP contribution in [-0.2, 0) is 6.54 Å². The number of carboxylic acid groups (broad SMARTS) is 1. The average molecular weight is 278 g/mol. The molecule has 20 heavy (non-hydrogen) atoms. The summed E-state index contributed by atoms with van der Waals surface area (Å²) in [6.07, 6.45) is 1.07. The van der Waals surface area contributed by atoms with Crippen LogP contribution in [0.15, 0.2) is 12.3 Å². The van der Waals surface area contributed by atoms with Crippen LogP contribution < -0.4 is 5.32 Å². The fraction of sp³-hybridized carbons (Fsp3) is 0.571. The lowest BCUT2D eigenvalue weighted by Crippen LogP contribution is -2.53. The summed E-state index contributed by atoms with van der Waals surface area (Å²) >= 11 is 0. The Hall–Kier alpha value is -1.82. The van der Waals surface area contributed by atoms with Crippen LogP contribution in [0.3, 0.4) is 0 Å². The van der Waals surface area contributed by atoms with Crippen molar-refractivity contribution in [3.05, 3.63) is 23.4 Å². The van der Waals surface area contributed by atoms with Crippen LogP contribution in [-0.4, -0.2) is 58.7 Å². The van der Waals surface area contributed by atoms with Gasteiger partial charge in [0.15, 0.2) is 0 Å². The summed E-state index contributed by atoms with van der Waals surface area (Å²) in [7, 11) is 1.86.